The minimum absolute atomic E-state index is 0.184. The average molecular weight is 437 g/mol. The molecular weight excluding hydrogens is 396 g/mol. The number of nitrogens with zero attached hydrogens (tertiary/aromatic N) is 2. The SMILES string of the molecule is C[C@@H](c1ccccc1)N(C)[C@H]1CCCCN(C(=O)OC(C)(C)C)CCCc2ccccc21. The first kappa shape index (κ1) is 24.3. The fraction of sp³-hybridized carbons (Fsp3) is 0.536. The Balaban J connectivity index is 1.80. The van der Waals surface area contributed by atoms with Gasteiger partial charge in [-0.15, -0.1) is 0 Å². The van der Waals surface area contributed by atoms with E-state index in [1.807, 2.05) is 25.7 Å². The Morgan fingerprint density at radius 2 is 1.66 bits per heavy atom. The number of hydrogen-bond donors (Lipinski definition) is 0. The number of carbonyl (C=O) groups is 1. The zero-order valence-corrected chi connectivity index (χ0v) is 20.5. The van der Waals surface area contributed by atoms with Gasteiger partial charge < -0.3 is 9.64 Å². The van der Waals surface area contributed by atoms with E-state index in [4.69, 9.17) is 4.74 Å². The van der Waals surface area contributed by atoms with Gasteiger partial charge in [0.1, 0.15) is 5.60 Å². The summed E-state index contributed by atoms with van der Waals surface area (Å²) >= 11 is 0. The summed E-state index contributed by atoms with van der Waals surface area (Å²) in [7, 11) is 2.26. The van der Waals surface area contributed by atoms with Crippen molar-refractivity contribution >= 4 is 6.09 Å². The number of aryl methyl sites for hydroxylation is 1. The summed E-state index contributed by atoms with van der Waals surface area (Å²) in [5.74, 6) is 0. The first-order chi connectivity index (χ1) is 15.3. The summed E-state index contributed by atoms with van der Waals surface area (Å²) in [5.41, 5.74) is 3.72. The summed E-state index contributed by atoms with van der Waals surface area (Å²) in [6.45, 7) is 9.60. The lowest BCUT2D eigenvalue weighted by Crippen LogP contribution is -2.38. The van der Waals surface area contributed by atoms with Gasteiger partial charge in [-0.3, -0.25) is 4.90 Å². The highest BCUT2D eigenvalue weighted by Gasteiger charge is 2.26. The standard InChI is InChI=1S/C28H40N2O2/c1-22(23-14-7-6-8-15-23)29(5)26-19-11-12-20-30(27(31)32-28(2,3)4)21-13-17-24-16-9-10-18-25(24)26/h6-10,14-16,18,22,26H,11-13,17,19-21H2,1-5H3/t22-,26-/m0/s1. The fourth-order valence-corrected chi connectivity index (χ4v) is 4.62. The molecule has 0 spiro atoms. The van der Waals surface area contributed by atoms with E-state index in [-0.39, 0.29) is 6.09 Å². The number of ether oxygens (including phenoxy) is 1. The molecule has 32 heavy (non-hydrogen) atoms. The molecule has 1 aliphatic rings. The monoisotopic (exact) mass is 436 g/mol. The van der Waals surface area contributed by atoms with E-state index in [2.05, 4.69) is 73.5 Å². The minimum Gasteiger partial charge on any atom is -0.444 e. The summed E-state index contributed by atoms with van der Waals surface area (Å²) in [6.07, 6.45) is 4.87. The molecular formula is C28H40N2O2. The van der Waals surface area contributed by atoms with Crippen molar-refractivity contribution in [2.45, 2.75) is 77.5 Å². The molecule has 4 heteroatoms. The molecule has 0 aliphatic carbocycles. The molecule has 2 aromatic rings. The minimum atomic E-state index is -0.461. The van der Waals surface area contributed by atoms with Crippen molar-refractivity contribution < 1.29 is 9.53 Å². The highest BCUT2D eigenvalue weighted by atomic mass is 16.6. The van der Waals surface area contributed by atoms with Crippen molar-refractivity contribution in [2.24, 2.45) is 0 Å². The van der Waals surface area contributed by atoms with Crippen molar-refractivity contribution in [3.8, 4) is 0 Å². The van der Waals surface area contributed by atoms with E-state index in [1.165, 1.54) is 16.7 Å². The molecule has 0 N–H and O–H groups in total. The molecule has 0 radical (unpaired) electrons. The van der Waals surface area contributed by atoms with Crippen LogP contribution in [0.4, 0.5) is 4.79 Å². The number of fused-ring (bicyclic) bond motifs is 1. The molecule has 0 fully saturated rings. The molecule has 1 aliphatic heterocycles. The first-order valence-corrected chi connectivity index (χ1v) is 12.1. The predicted octanol–water partition coefficient (Wildman–Crippen LogP) is 6.77. The lowest BCUT2D eigenvalue weighted by molar-refractivity contribution is 0.0244. The lowest BCUT2D eigenvalue weighted by Gasteiger charge is -2.35. The Kier molecular flexibility index (Phi) is 8.36. The van der Waals surface area contributed by atoms with Gasteiger partial charge in [0.2, 0.25) is 0 Å². The summed E-state index contributed by atoms with van der Waals surface area (Å²) in [6, 6.07) is 20.3. The quantitative estimate of drug-likeness (QED) is 0.532. The van der Waals surface area contributed by atoms with Gasteiger partial charge in [0, 0.05) is 25.2 Å². The van der Waals surface area contributed by atoms with Gasteiger partial charge in [-0.25, -0.2) is 4.79 Å². The van der Waals surface area contributed by atoms with Gasteiger partial charge in [0.05, 0.1) is 0 Å². The van der Waals surface area contributed by atoms with Crippen LogP contribution in [0.15, 0.2) is 54.6 Å². The number of benzene rings is 2. The van der Waals surface area contributed by atoms with Crippen LogP contribution >= 0.6 is 0 Å². The van der Waals surface area contributed by atoms with Gasteiger partial charge in [-0.05, 0) is 83.5 Å². The molecule has 4 nitrogen and oxygen atoms in total. The lowest BCUT2D eigenvalue weighted by atomic mass is 9.91. The zero-order chi connectivity index (χ0) is 23.1. The topological polar surface area (TPSA) is 32.8 Å². The summed E-state index contributed by atoms with van der Waals surface area (Å²) in [5, 5.41) is 0. The maximum absolute atomic E-state index is 12.7. The third-order valence-corrected chi connectivity index (χ3v) is 6.48. The molecule has 0 saturated carbocycles. The Hall–Kier alpha value is -2.33. The second-order valence-corrected chi connectivity index (χ2v) is 10.0. The van der Waals surface area contributed by atoms with Crippen LogP contribution in [0.2, 0.25) is 0 Å². The highest BCUT2D eigenvalue weighted by Crippen LogP contribution is 2.35. The van der Waals surface area contributed by atoms with Crippen LogP contribution in [0, 0.1) is 0 Å². The zero-order valence-electron chi connectivity index (χ0n) is 20.5. The van der Waals surface area contributed by atoms with Crippen LogP contribution < -0.4 is 0 Å². The maximum atomic E-state index is 12.7. The predicted molar refractivity (Wildman–Crippen MR) is 132 cm³/mol. The second-order valence-electron chi connectivity index (χ2n) is 10.0. The molecule has 2 aromatic carbocycles. The molecule has 2 atom stereocenters. The summed E-state index contributed by atoms with van der Waals surface area (Å²) < 4.78 is 5.66. The number of amides is 1. The van der Waals surface area contributed by atoms with Gasteiger partial charge in [-0.2, -0.15) is 0 Å². The van der Waals surface area contributed by atoms with E-state index in [0.717, 1.165) is 45.2 Å². The van der Waals surface area contributed by atoms with Crippen molar-refractivity contribution in [3.05, 3.63) is 71.3 Å². The number of rotatable bonds is 3. The number of carbonyl (C=O) groups excluding carboxylic acids is 1. The summed E-state index contributed by atoms with van der Waals surface area (Å²) in [4.78, 5) is 17.2. The molecule has 0 aromatic heterocycles. The third-order valence-electron chi connectivity index (χ3n) is 6.48. The van der Waals surface area contributed by atoms with Gasteiger partial charge in [0.15, 0.2) is 0 Å². The average Bonchev–Trinajstić information content (AvgIpc) is 2.80. The van der Waals surface area contributed by atoms with Crippen molar-refractivity contribution in [2.75, 3.05) is 20.1 Å². The Labute approximate surface area is 194 Å². The molecule has 0 bridgehead atoms. The first-order valence-electron chi connectivity index (χ1n) is 12.1. The van der Waals surface area contributed by atoms with Gasteiger partial charge >= 0.3 is 6.09 Å². The normalized spacial score (nSPS) is 19.1. The fourth-order valence-electron chi connectivity index (χ4n) is 4.62. The second kappa shape index (κ2) is 11.0. The van der Waals surface area contributed by atoms with E-state index in [0.29, 0.717) is 12.1 Å². The van der Waals surface area contributed by atoms with Crippen LogP contribution in [-0.2, 0) is 11.2 Å². The maximum Gasteiger partial charge on any atom is 0.410 e. The Morgan fingerprint density at radius 1 is 1.00 bits per heavy atom. The Morgan fingerprint density at radius 3 is 2.38 bits per heavy atom. The van der Waals surface area contributed by atoms with E-state index in [1.54, 1.807) is 0 Å². The molecule has 3 rings (SSSR count). The molecule has 1 heterocycles. The third kappa shape index (κ3) is 6.59. The largest absolute Gasteiger partial charge is 0.444 e. The van der Waals surface area contributed by atoms with E-state index < -0.39 is 5.60 Å². The Bertz CT molecular complexity index is 859. The molecule has 0 saturated heterocycles. The van der Waals surface area contributed by atoms with E-state index in [9.17, 15) is 4.79 Å². The molecule has 174 valence electrons. The van der Waals surface area contributed by atoms with Crippen molar-refractivity contribution in [1.82, 2.24) is 9.80 Å². The van der Waals surface area contributed by atoms with E-state index >= 15 is 0 Å². The smallest absolute Gasteiger partial charge is 0.410 e. The van der Waals surface area contributed by atoms with Crippen LogP contribution in [0.5, 0.6) is 0 Å². The number of hydrogen-bond acceptors (Lipinski definition) is 3. The van der Waals surface area contributed by atoms with Crippen LogP contribution in [-0.4, -0.2) is 41.6 Å². The van der Waals surface area contributed by atoms with Crippen LogP contribution in [0.3, 0.4) is 0 Å². The molecule has 1 amide bonds. The van der Waals surface area contributed by atoms with Crippen LogP contribution in [0.25, 0.3) is 0 Å². The van der Waals surface area contributed by atoms with Crippen LogP contribution in [0.1, 0.15) is 82.2 Å². The van der Waals surface area contributed by atoms with Gasteiger partial charge in [0.25, 0.3) is 0 Å². The molecule has 0 unspecified atom stereocenters. The highest BCUT2D eigenvalue weighted by molar-refractivity contribution is 5.68. The van der Waals surface area contributed by atoms with Gasteiger partial charge in [-0.1, -0.05) is 54.6 Å². The van der Waals surface area contributed by atoms with Crippen molar-refractivity contribution in [3.63, 3.8) is 0 Å². The van der Waals surface area contributed by atoms with Crippen molar-refractivity contribution in [1.29, 1.82) is 0 Å².